The van der Waals surface area contributed by atoms with Gasteiger partial charge in [0.1, 0.15) is 5.01 Å². The van der Waals surface area contributed by atoms with Crippen molar-refractivity contribution in [1.29, 1.82) is 0 Å². The molecule has 0 saturated heterocycles. The molecule has 0 bridgehead atoms. The van der Waals surface area contributed by atoms with E-state index in [0.717, 1.165) is 16.9 Å². The molecule has 0 radical (unpaired) electrons. The highest BCUT2D eigenvalue weighted by Crippen LogP contribution is 2.31. The van der Waals surface area contributed by atoms with E-state index in [1.807, 2.05) is 6.07 Å². The van der Waals surface area contributed by atoms with Gasteiger partial charge in [-0.1, -0.05) is 29.5 Å². The molecule has 104 valence electrons. The lowest BCUT2D eigenvalue weighted by atomic mass is 10.1. The number of benzene rings is 1. The van der Waals surface area contributed by atoms with Crippen molar-refractivity contribution in [2.45, 2.75) is 12.1 Å². The van der Waals surface area contributed by atoms with Crippen LogP contribution in [-0.4, -0.2) is 19.8 Å². The van der Waals surface area contributed by atoms with Crippen molar-refractivity contribution >= 4 is 27.9 Å². The molecule has 0 amide bonds. The molecule has 2 heterocycles. The largest absolute Gasteiger partial charge is 0.453 e. The number of aromatic nitrogens is 4. The Labute approximate surface area is 119 Å². The standard InChI is InChI=1S/C11H6ClF3N4S/c12-5-6-2-1-3-7(4-6)8-18-19-9(11(13,14)15)16-17-10(19)20-8/h1-4H,5H2. The van der Waals surface area contributed by atoms with Crippen LogP contribution in [-0.2, 0) is 12.1 Å². The summed E-state index contributed by atoms with van der Waals surface area (Å²) in [4.78, 5) is 0.101. The van der Waals surface area contributed by atoms with Gasteiger partial charge in [-0.2, -0.15) is 22.8 Å². The van der Waals surface area contributed by atoms with Gasteiger partial charge in [-0.15, -0.1) is 21.8 Å². The third-order valence-electron chi connectivity index (χ3n) is 2.57. The van der Waals surface area contributed by atoms with Crippen LogP contribution in [0.25, 0.3) is 15.5 Å². The number of fused-ring (bicyclic) bond motifs is 1. The monoisotopic (exact) mass is 318 g/mol. The highest BCUT2D eigenvalue weighted by molar-refractivity contribution is 7.19. The Hall–Kier alpha value is -1.67. The van der Waals surface area contributed by atoms with Gasteiger partial charge in [0.05, 0.1) is 0 Å². The number of alkyl halides is 4. The Kier molecular flexibility index (Phi) is 3.14. The zero-order valence-corrected chi connectivity index (χ0v) is 11.3. The molecule has 3 rings (SSSR count). The normalized spacial score (nSPS) is 12.2. The maximum absolute atomic E-state index is 12.7. The van der Waals surface area contributed by atoms with Gasteiger partial charge in [-0.25, -0.2) is 0 Å². The molecule has 0 spiro atoms. The van der Waals surface area contributed by atoms with E-state index in [2.05, 4.69) is 15.3 Å². The number of halogens is 4. The Morgan fingerprint density at radius 3 is 2.75 bits per heavy atom. The fourth-order valence-corrected chi connectivity index (χ4v) is 2.70. The van der Waals surface area contributed by atoms with Crippen LogP contribution in [0.4, 0.5) is 13.2 Å². The molecule has 0 aliphatic heterocycles. The second-order valence-electron chi connectivity index (χ2n) is 3.96. The Morgan fingerprint density at radius 1 is 1.25 bits per heavy atom. The summed E-state index contributed by atoms with van der Waals surface area (Å²) in [5.74, 6) is -0.797. The van der Waals surface area contributed by atoms with Gasteiger partial charge in [-0.05, 0) is 11.6 Å². The van der Waals surface area contributed by atoms with Gasteiger partial charge in [0.15, 0.2) is 0 Å². The van der Waals surface area contributed by atoms with Gasteiger partial charge in [0.25, 0.3) is 5.82 Å². The molecule has 1 aromatic carbocycles. The van der Waals surface area contributed by atoms with E-state index in [-0.39, 0.29) is 4.96 Å². The Morgan fingerprint density at radius 2 is 2.05 bits per heavy atom. The molecule has 0 aliphatic carbocycles. The number of hydrogen-bond acceptors (Lipinski definition) is 4. The molecule has 0 aliphatic rings. The van der Waals surface area contributed by atoms with Gasteiger partial charge >= 0.3 is 6.18 Å². The predicted octanol–water partition coefficient (Wildman–Crippen LogP) is 3.61. The first kappa shape index (κ1) is 13.3. The van der Waals surface area contributed by atoms with E-state index in [9.17, 15) is 13.2 Å². The van der Waals surface area contributed by atoms with Crippen molar-refractivity contribution in [1.82, 2.24) is 19.8 Å². The molecular formula is C11H6ClF3N4S. The van der Waals surface area contributed by atoms with Crippen LogP contribution in [0.5, 0.6) is 0 Å². The fourth-order valence-electron chi connectivity index (χ4n) is 1.70. The van der Waals surface area contributed by atoms with E-state index in [4.69, 9.17) is 11.6 Å². The van der Waals surface area contributed by atoms with Gasteiger partial charge in [0.2, 0.25) is 4.96 Å². The van der Waals surface area contributed by atoms with Crippen molar-refractivity contribution in [2.75, 3.05) is 0 Å². The third kappa shape index (κ3) is 2.25. The lowest BCUT2D eigenvalue weighted by Crippen LogP contribution is -2.11. The van der Waals surface area contributed by atoms with Crippen LogP contribution in [0.3, 0.4) is 0 Å². The van der Waals surface area contributed by atoms with E-state index in [1.54, 1.807) is 18.2 Å². The molecule has 9 heteroatoms. The third-order valence-corrected chi connectivity index (χ3v) is 3.83. The summed E-state index contributed by atoms with van der Waals surface area (Å²) < 4.78 is 38.8. The second kappa shape index (κ2) is 4.71. The number of rotatable bonds is 2. The van der Waals surface area contributed by atoms with Crippen LogP contribution in [0.15, 0.2) is 24.3 Å². The van der Waals surface area contributed by atoms with Gasteiger partial charge in [0, 0.05) is 11.4 Å². The smallest absolute Gasteiger partial charge is 0.178 e. The molecule has 20 heavy (non-hydrogen) atoms. The predicted molar refractivity (Wildman–Crippen MR) is 68.7 cm³/mol. The summed E-state index contributed by atoms with van der Waals surface area (Å²) >= 11 is 6.78. The molecule has 3 aromatic rings. The molecular weight excluding hydrogens is 313 g/mol. The lowest BCUT2D eigenvalue weighted by molar-refractivity contribution is -0.146. The average molecular weight is 319 g/mol. The minimum atomic E-state index is -4.58. The first-order valence-electron chi connectivity index (χ1n) is 5.44. The highest BCUT2D eigenvalue weighted by Gasteiger charge is 2.38. The van der Waals surface area contributed by atoms with E-state index >= 15 is 0 Å². The molecule has 0 unspecified atom stereocenters. The van der Waals surface area contributed by atoms with Crippen molar-refractivity contribution in [3.8, 4) is 10.6 Å². The maximum Gasteiger partial charge on any atom is 0.453 e. The van der Waals surface area contributed by atoms with E-state index in [1.165, 1.54) is 0 Å². The Bertz CT molecular complexity index is 764. The van der Waals surface area contributed by atoms with Crippen molar-refractivity contribution in [3.05, 3.63) is 35.7 Å². The van der Waals surface area contributed by atoms with Crippen LogP contribution < -0.4 is 0 Å². The quantitative estimate of drug-likeness (QED) is 0.678. The van der Waals surface area contributed by atoms with Crippen LogP contribution in [0.2, 0.25) is 0 Å². The Balaban J connectivity index is 2.11. The molecule has 0 N–H and O–H groups in total. The molecule has 0 atom stereocenters. The summed E-state index contributed by atoms with van der Waals surface area (Å²) in [6.45, 7) is 0. The van der Waals surface area contributed by atoms with Gasteiger partial charge in [-0.3, -0.25) is 0 Å². The van der Waals surface area contributed by atoms with E-state index in [0.29, 0.717) is 21.0 Å². The first-order chi connectivity index (χ1) is 9.49. The molecule has 0 saturated carbocycles. The van der Waals surface area contributed by atoms with Gasteiger partial charge < -0.3 is 0 Å². The first-order valence-corrected chi connectivity index (χ1v) is 6.79. The maximum atomic E-state index is 12.7. The van der Waals surface area contributed by atoms with E-state index < -0.39 is 12.0 Å². The molecule has 2 aromatic heterocycles. The molecule has 4 nitrogen and oxygen atoms in total. The zero-order chi connectivity index (χ0) is 14.3. The summed E-state index contributed by atoms with van der Waals surface area (Å²) in [7, 11) is 0. The lowest BCUT2D eigenvalue weighted by Gasteiger charge is -2.01. The highest BCUT2D eigenvalue weighted by atomic mass is 35.5. The summed E-state index contributed by atoms with van der Waals surface area (Å²) in [6.07, 6.45) is -4.58. The second-order valence-corrected chi connectivity index (χ2v) is 5.18. The minimum absolute atomic E-state index is 0.101. The number of nitrogens with zero attached hydrogens (tertiary/aromatic N) is 4. The minimum Gasteiger partial charge on any atom is -0.178 e. The van der Waals surface area contributed by atoms with Crippen LogP contribution in [0.1, 0.15) is 11.4 Å². The topological polar surface area (TPSA) is 43.1 Å². The van der Waals surface area contributed by atoms with Crippen molar-refractivity contribution in [2.24, 2.45) is 0 Å². The summed E-state index contributed by atoms with van der Waals surface area (Å²) in [5, 5.41) is 11.0. The summed E-state index contributed by atoms with van der Waals surface area (Å²) in [5.41, 5.74) is 1.57. The molecule has 0 fully saturated rings. The zero-order valence-electron chi connectivity index (χ0n) is 9.73. The summed E-state index contributed by atoms with van der Waals surface area (Å²) in [6, 6.07) is 7.15. The van der Waals surface area contributed by atoms with Crippen LogP contribution in [0, 0.1) is 0 Å². The SMILES string of the molecule is FC(F)(F)c1nnc2sc(-c3cccc(CCl)c3)nn12. The van der Waals surface area contributed by atoms with Crippen LogP contribution >= 0.6 is 22.9 Å². The van der Waals surface area contributed by atoms with Crippen molar-refractivity contribution < 1.29 is 13.2 Å². The van der Waals surface area contributed by atoms with Crippen molar-refractivity contribution in [3.63, 3.8) is 0 Å². The number of hydrogen-bond donors (Lipinski definition) is 0. The average Bonchev–Trinajstić information content (AvgIpc) is 2.97. The fraction of sp³-hybridized carbons (Fsp3) is 0.182.